The van der Waals surface area contributed by atoms with Crippen molar-refractivity contribution in [2.24, 2.45) is 5.92 Å². The minimum absolute atomic E-state index is 0.0217. The number of nitrogens with zero attached hydrogens (tertiary/aromatic N) is 3. The van der Waals surface area contributed by atoms with E-state index >= 15 is 0 Å². The first-order valence-electron chi connectivity index (χ1n) is 5.92. The topological polar surface area (TPSA) is 76.3 Å². The number of hydrogen-bond donors (Lipinski definition) is 0. The summed E-state index contributed by atoms with van der Waals surface area (Å²) >= 11 is 5.83. The molecule has 0 spiro atoms. The smallest absolute Gasteiger partial charge is 0.288 e. The van der Waals surface area contributed by atoms with Gasteiger partial charge in [-0.15, -0.1) is 0 Å². The SMILES string of the molecule is CCC(C)CN(C)C(=O)c1cc([N+](=O)[O-])cnc1Cl. The molecule has 0 N–H and O–H groups in total. The number of hydrogen-bond acceptors (Lipinski definition) is 4. The average molecular weight is 286 g/mol. The Balaban J connectivity index is 2.98. The van der Waals surface area contributed by atoms with Crippen LogP contribution in [0.4, 0.5) is 5.69 Å². The van der Waals surface area contributed by atoms with Gasteiger partial charge in [-0.3, -0.25) is 14.9 Å². The summed E-state index contributed by atoms with van der Waals surface area (Å²) in [7, 11) is 1.64. The van der Waals surface area contributed by atoms with E-state index in [0.29, 0.717) is 12.5 Å². The molecule has 0 aliphatic heterocycles. The lowest BCUT2D eigenvalue weighted by Crippen LogP contribution is -2.31. The van der Waals surface area contributed by atoms with Crippen molar-refractivity contribution < 1.29 is 9.72 Å². The molecule has 0 radical (unpaired) electrons. The Kier molecular flexibility index (Phi) is 5.23. The highest BCUT2D eigenvalue weighted by molar-refractivity contribution is 6.32. The van der Waals surface area contributed by atoms with Crippen LogP contribution in [0.5, 0.6) is 0 Å². The number of amides is 1. The van der Waals surface area contributed by atoms with E-state index in [1.54, 1.807) is 7.05 Å². The first-order chi connectivity index (χ1) is 8.86. The molecule has 0 bridgehead atoms. The maximum absolute atomic E-state index is 12.2. The molecule has 1 rings (SSSR count). The van der Waals surface area contributed by atoms with Crippen molar-refractivity contribution in [1.82, 2.24) is 9.88 Å². The Labute approximate surface area is 116 Å². The number of aromatic nitrogens is 1. The van der Waals surface area contributed by atoms with Gasteiger partial charge in [-0.05, 0) is 5.92 Å². The van der Waals surface area contributed by atoms with Crippen LogP contribution in [0, 0.1) is 16.0 Å². The predicted molar refractivity (Wildman–Crippen MR) is 72.3 cm³/mol. The van der Waals surface area contributed by atoms with E-state index in [2.05, 4.69) is 4.98 Å². The van der Waals surface area contributed by atoms with Crippen LogP contribution >= 0.6 is 11.6 Å². The van der Waals surface area contributed by atoms with E-state index in [1.807, 2.05) is 13.8 Å². The summed E-state index contributed by atoms with van der Waals surface area (Å²) in [6.07, 6.45) is 1.98. The Bertz CT molecular complexity index is 493. The van der Waals surface area contributed by atoms with Crippen molar-refractivity contribution in [3.8, 4) is 0 Å². The fourth-order valence-electron chi connectivity index (χ4n) is 1.57. The molecule has 1 aromatic heterocycles. The third-order valence-corrected chi connectivity index (χ3v) is 3.20. The van der Waals surface area contributed by atoms with E-state index in [-0.39, 0.29) is 22.3 Å². The van der Waals surface area contributed by atoms with Gasteiger partial charge in [-0.25, -0.2) is 4.98 Å². The Morgan fingerprint density at radius 2 is 2.26 bits per heavy atom. The first kappa shape index (κ1) is 15.4. The van der Waals surface area contributed by atoms with Crippen molar-refractivity contribution in [3.05, 3.63) is 33.1 Å². The van der Waals surface area contributed by atoms with Crippen molar-refractivity contribution >= 4 is 23.2 Å². The third-order valence-electron chi connectivity index (χ3n) is 2.90. The molecule has 19 heavy (non-hydrogen) atoms. The number of pyridine rings is 1. The molecule has 1 amide bonds. The second-order valence-corrected chi connectivity index (χ2v) is 4.85. The summed E-state index contributed by atoms with van der Waals surface area (Å²) in [5, 5.41) is 10.7. The van der Waals surface area contributed by atoms with Crippen LogP contribution in [-0.4, -0.2) is 34.3 Å². The maximum atomic E-state index is 12.2. The van der Waals surface area contributed by atoms with Crippen molar-refractivity contribution in [1.29, 1.82) is 0 Å². The molecule has 0 saturated heterocycles. The maximum Gasteiger partial charge on any atom is 0.288 e. The van der Waals surface area contributed by atoms with Crippen molar-refractivity contribution in [3.63, 3.8) is 0 Å². The van der Waals surface area contributed by atoms with Gasteiger partial charge in [0.15, 0.2) is 0 Å². The Hall–Kier alpha value is -1.69. The molecule has 104 valence electrons. The second kappa shape index (κ2) is 6.47. The van der Waals surface area contributed by atoms with Gasteiger partial charge in [0.25, 0.3) is 11.6 Å². The van der Waals surface area contributed by atoms with Gasteiger partial charge in [-0.1, -0.05) is 31.9 Å². The van der Waals surface area contributed by atoms with E-state index in [0.717, 1.165) is 18.7 Å². The van der Waals surface area contributed by atoms with Gasteiger partial charge in [0.05, 0.1) is 10.5 Å². The zero-order valence-corrected chi connectivity index (χ0v) is 11.8. The van der Waals surface area contributed by atoms with Crippen LogP contribution in [0.15, 0.2) is 12.3 Å². The lowest BCUT2D eigenvalue weighted by atomic mass is 10.1. The first-order valence-corrected chi connectivity index (χ1v) is 6.30. The molecule has 1 aromatic rings. The molecule has 0 aliphatic rings. The van der Waals surface area contributed by atoms with Gasteiger partial charge in [-0.2, -0.15) is 0 Å². The van der Waals surface area contributed by atoms with Crippen LogP contribution in [0.3, 0.4) is 0 Å². The molecular formula is C12H16ClN3O3. The summed E-state index contributed by atoms with van der Waals surface area (Å²) in [5.41, 5.74) is -0.189. The highest BCUT2D eigenvalue weighted by Gasteiger charge is 2.20. The minimum Gasteiger partial charge on any atom is -0.341 e. The van der Waals surface area contributed by atoms with Gasteiger partial charge < -0.3 is 4.90 Å². The van der Waals surface area contributed by atoms with E-state index in [1.165, 1.54) is 4.90 Å². The highest BCUT2D eigenvalue weighted by Crippen LogP contribution is 2.20. The highest BCUT2D eigenvalue weighted by atomic mass is 35.5. The molecule has 0 saturated carbocycles. The molecule has 0 fully saturated rings. The second-order valence-electron chi connectivity index (χ2n) is 4.49. The average Bonchev–Trinajstić information content (AvgIpc) is 2.37. The minimum atomic E-state index is -0.602. The molecule has 1 atom stereocenters. The summed E-state index contributed by atoms with van der Waals surface area (Å²) in [5.74, 6) is -0.0131. The lowest BCUT2D eigenvalue weighted by Gasteiger charge is -2.20. The van der Waals surface area contributed by atoms with Crippen LogP contribution in [0.1, 0.15) is 30.6 Å². The van der Waals surface area contributed by atoms with E-state index < -0.39 is 4.92 Å². The summed E-state index contributed by atoms with van der Waals surface area (Å²) in [6, 6.07) is 1.16. The molecule has 1 unspecified atom stereocenters. The van der Waals surface area contributed by atoms with Crippen LogP contribution in [0.25, 0.3) is 0 Å². The number of carbonyl (C=O) groups excluding carboxylic acids is 1. The van der Waals surface area contributed by atoms with Crippen molar-refractivity contribution in [2.45, 2.75) is 20.3 Å². The molecule has 1 heterocycles. The van der Waals surface area contributed by atoms with Gasteiger partial charge in [0.2, 0.25) is 0 Å². The standard InChI is InChI=1S/C12H16ClN3O3/c1-4-8(2)7-15(3)12(17)10-5-9(16(18)19)6-14-11(10)13/h5-6,8H,4,7H2,1-3H3. The van der Waals surface area contributed by atoms with Crippen molar-refractivity contribution in [2.75, 3.05) is 13.6 Å². The number of halogens is 1. The lowest BCUT2D eigenvalue weighted by molar-refractivity contribution is -0.385. The monoisotopic (exact) mass is 285 g/mol. The van der Waals surface area contributed by atoms with E-state index in [4.69, 9.17) is 11.6 Å². The predicted octanol–water partition coefficient (Wildman–Crippen LogP) is 2.76. The number of carbonyl (C=O) groups is 1. The van der Waals surface area contributed by atoms with Gasteiger partial charge in [0.1, 0.15) is 11.3 Å². The molecule has 0 aromatic carbocycles. The molecule has 6 nitrogen and oxygen atoms in total. The zero-order chi connectivity index (χ0) is 14.6. The quantitative estimate of drug-likeness (QED) is 0.473. The summed E-state index contributed by atoms with van der Waals surface area (Å²) < 4.78 is 0. The van der Waals surface area contributed by atoms with E-state index in [9.17, 15) is 14.9 Å². The van der Waals surface area contributed by atoms with Gasteiger partial charge in [0, 0.05) is 19.7 Å². The fraction of sp³-hybridized carbons (Fsp3) is 0.500. The van der Waals surface area contributed by atoms with Crippen LogP contribution in [0.2, 0.25) is 5.15 Å². The largest absolute Gasteiger partial charge is 0.341 e. The molecular weight excluding hydrogens is 270 g/mol. The van der Waals surface area contributed by atoms with Gasteiger partial charge >= 0.3 is 0 Å². The summed E-state index contributed by atoms with van der Waals surface area (Å²) in [6.45, 7) is 4.62. The molecule has 0 aliphatic carbocycles. The summed E-state index contributed by atoms with van der Waals surface area (Å²) in [4.78, 5) is 27.4. The van der Waals surface area contributed by atoms with Crippen LogP contribution in [-0.2, 0) is 0 Å². The Morgan fingerprint density at radius 1 is 1.63 bits per heavy atom. The molecule has 7 heteroatoms. The zero-order valence-electron chi connectivity index (χ0n) is 11.1. The third kappa shape index (κ3) is 3.89. The normalized spacial score (nSPS) is 12.0. The van der Waals surface area contributed by atoms with Crippen LogP contribution < -0.4 is 0 Å². The fourth-order valence-corrected chi connectivity index (χ4v) is 1.76. The number of rotatable bonds is 5. The Morgan fingerprint density at radius 3 is 2.79 bits per heavy atom. The number of nitro groups is 1.